The highest BCUT2D eigenvalue weighted by molar-refractivity contribution is 6.17. The molecular weight excluding hydrogens is 739 g/mol. The third-order valence-electron chi connectivity index (χ3n) is 15.4. The number of aromatic amines is 1. The molecule has 4 aliphatic rings. The number of aryl methyl sites for hydroxylation is 9. The van der Waals surface area contributed by atoms with Gasteiger partial charge in [-0.05, 0) is 206 Å². The van der Waals surface area contributed by atoms with Gasteiger partial charge in [-0.25, -0.2) is 0 Å². The van der Waals surface area contributed by atoms with E-state index in [1.54, 1.807) is 0 Å². The molecule has 0 bridgehead atoms. The Morgan fingerprint density at radius 1 is 0.475 bits per heavy atom. The summed E-state index contributed by atoms with van der Waals surface area (Å²) in [5.74, 6) is 0. The fourth-order valence-corrected chi connectivity index (χ4v) is 12.8. The van der Waals surface area contributed by atoms with Gasteiger partial charge in [-0.1, -0.05) is 72.8 Å². The van der Waals surface area contributed by atoms with Crippen molar-refractivity contribution in [2.45, 2.75) is 58.3 Å². The highest BCUT2D eigenvalue weighted by atomic mass is 15.0. The molecule has 8 aromatic carbocycles. The number of pyridine rings is 1. The summed E-state index contributed by atoms with van der Waals surface area (Å²) in [5, 5.41) is 11.2. The summed E-state index contributed by atoms with van der Waals surface area (Å²) in [7, 11) is 0. The monoisotopic (exact) mass is 779 g/mol. The molecule has 3 aromatic heterocycles. The maximum Gasteiger partial charge on any atom is 0.0579 e. The first-order valence-corrected chi connectivity index (χ1v) is 22.4. The lowest BCUT2D eigenvalue weighted by atomic mass is 9.74. The topological polar surface area (TPSA) is 33.6 Å². The van der Waals surface area contributed by atoms with E-state index >= 15 is 0 Å². The number of nitrogens with one attached hydrogen (secondary N) is 1. The Morgan fingerprint density at radius 3 is 1.79 bits per heavy atom. The quantitative estimate of drug-likeness (QED) is 0.190. The largest absolute Gasteiger partial charge is 0.354 e. The fraction of sp³-hybridized carbons (Fsp3) is 0.155. The zero-order valence-corrected chi connectivity index (χ0v) is 34.2. The normalized spacial score (nSPS) is 14.8. The van der Waals surface area contributed by atoms with Gasteiger partial charge in [0.05, 0.1) is 16.6 Å². The van der Waals surface area contributed by atoms with Crippen LogP contribution in [0.5, 0.6) is 0 Å². The summed E-state index contributed by atoms with van der Waals surface area (Å²) in [6.07, 6.45) is 10.7. The number of benzene rings is 8. The van der Waals surface area contributed by atoms with Crippen molar-refractivity contribution in [3.8, 4) is 39.1 Å². The molecule has 0 amide bonds. The van der Waals surface area contributed by atoms with Crippen molar-refractivity contribution in [2.75, 3.05) is 0 Å². The number of nitrogens with zero attached hydrogens (tertiary/aromatic N) is 2. The summed E-state index contributed by atoms with van der Waals surface area (Å²) >= 11 is 0. The molecule has 3 heteroatoms. The van der Waals surface area contributed by atoms with Crippen LogP contribution in [0, 0.1) is 6.92 Å². The summed E-state index contributed by atoms with van der Waals surface area (Å²) in [6, 6.07) is 47.3. The van der Waals surface area contributed by atoms with Gasteiger partial charge >= 0.3 is 0 Å². The number of H-pyrrole nitrogens is 1. The summed E-state index contributed by atoms with van der Waals surface area (Å²) in [4.78, 5) is 8.63. The lowest BCUT2D eigenvalue weighted by Crippen LogP contribution is -2.15. The van der Waals surface area contributed by atoms with Gasteiger partial charge in [0.15, 0.2) is 0 Å². The minimum absolute atomic E-state index is 1.02. The van der Waals surface area contributed by atoms with Crippen LogP contribution in [0.4, 0.5) is 0 Å². The van der Waals surface area contributed by atoms with Crippen LogP contribution >= 0.6 is 0 Å². The van der Waals surface area contributed by atoms with Gasteiger partial charge in [0, 0.05) is 44.6 Å². The van der Waals surface area contributed by atoms with E-state index in [-0.39, 0.29) is 0 Å². The number of aromatic nitrogens is 3. The maximum absolute atomic E-state index is 4.64. The van der Waals surface area contributed by atoms with E-state index in [9.17, 15) is 0 Å². The predicted octanol–water partition coefficient (Wildman–Crippen LogP) is 13.8. The molecule has 0 saturated heterocycles. The summed E-state index contributed by atoms with van der Waals surface area (Å²) in [5.41, 5.74) is 27.7. The summed E-state index contributed by atoms with van der Waals surface area (Å²) in [6.45, 7) is 2.11. The third kappa shape index (κ3) is 4.31. The SMILES string of the molecule is Cc1cc(-n2c3ccc(-c4ccc5c6c(cccc46)CC5)cc3c3cc4c5c(c32)CCc2cc3c([nH]c6ccc(-c7ccc8c9c(cccc79)CC8)cc63)c(c2-5)CC4)ccn1. The van der Waals surface area contributed by atoms with E-state index in [0.29, 0.717) is 0 Å². The molecule has 0 saturated carbocycles. The van der Waals surface area contributed by atoms with E-state index in [2.05, 4.69) is 143 Å². The first-order chi connectivity index (χ1) is 30.1. The molecule has 0 radical (unpaired) electrons. The Morgan fingerprint density at radius 2 is 1.08 bits per heavy atom. The second-order valence-corrected chi connectivity index (χ2v) is 18.4. The van der Waals surface area contributed by atoms with Crippen LogP contribution in [0.1, 0.15) is 50.2 Å². The fourth-order valence-electron chi connectivity index (χ4n) is 12.8. The maximum atomic E-state index is 4.64. The summed E-state index contributed by atoms with van der Waals surface area (Å²) < 4.78 is 2.56. The van der Waals surface area contributed by atoms with Crippen LogP contribution in [-0.4, -0.2) is 14.5 Å². The molecule has 4 aliphatic carbocycles. The first kappa shape index (κ1) is 32.8. The van der Waals surface area contributed by atoms with Crippen molar-refractivity contribution < 1.29 is 0 Å². The Balaban J connectivity index is 0.953. The number of hydrogen-bond donors (Lipinski definition) is 1. The Kier molecular flexibility index (Phi) is 6.27. The number of rotatable bonds is 3. The molecule has 0 spiro atoms. The molecule has 3 nitrogen and oxygen atoms in total. The molecule has 1 N–H and O–H groups in total. The van der Waals surface area contributed by atoms with E-state index in [0.717, 1.165) is 57.1 Å². The molecule has 61 heavy (non-hydrogen) atoms. The van der Waals surface area contributed by atoms with Gasteiger partial charge in [0.1, 0.15) is 0 Å². The van der Waals surface area contributed by atoms with E-state index in [4.69, 9.17) is 0 Å². The van der Waals surface area contributed by atoms with Gasteiger partial charge < -0.3 is 9.55 Å². The zero-order chi connectivity index (χ0) is 39.7. The van der Waals surface area contributed by atoms with Crippen molar-refractivity contribution in [2.24, 2.45) is 0 Å². The Labute approximate surface area is 353 Å². The van der Waals surface area contributed by atoms with Gasteiger partial charge in [-0.3, -0.25) is 4.98 Å². The van der Waals surface area contributed by atoms with E-state index < -0.39 is 0 Å². The van der Waals surface area contributed by atoms with Crippen LogP contribution in [0.25, 0.3) is 104 Å². The van der Waals surface area contributed by atoms with Crippen LogP contribution < -0.4 is 0 Å². The van der Waals surface area contributed by atoms with Crippen molar-refractivity contribution in [1.29, 1.82) is 0 Å². The highest BCUT2D eigenvalue weighted by Crippen LogP contribution is 2.51. The van der Waals surface area contributed by atoms with Gasteiger partial charge in [0.25, 0.3) is 0 Å². The molecule has 11 aromatic rings. The lowest BCUT2D eigenvalue weighted by molar-refractivity contribution is 0.885. The predicted molar refractivity (Wildman–Crippen MR) is 254 cm³/mol. The second-order valence-electron chi connectivity index (χ2n) is 18.4. The molecule has 0 atom stereocenters. The third-order valence-corrected chi connectivity index (χ3v) is 15.4. The van der Waals surface area contributed by atoms with Crippen molar-refractivity contribution in [1.82, 2.24) is 14.5 Å². The van der Waals surface area contributed by atoms with Crippen molar-refractivity contribution >= 4 is 65.2 Å². The molecule has 3 heterocycles. The minimum atomic E-state index is 1.02. The van der Waals surface area contributed by atoms with E-state index in [1.807, 2.05) is 6.20 Å². The Hall–Kier alpha value is -6.97. The van der Waals surface area contributed by atoms with Gasteiger partial charge in [0.2, 0.25) is 0 Å². The van der Waals surface area contributed by atoms with Crippen molar-refractivity contribution in [3.05, 3.63) is 178 Å². The molecular formula is C58H41N3. The number of fused-ring (bicyclic) bond motifs is 8. The van der Waals surface area contributed by atoms with E-state index in [1.165, 1.54) is 149 Å². The van der Waals surface area contributed by atoms with Crippen LogP contribution in [0.2, 0.25) is 0 Å². The molecule has 0 aliphatic heterocycles. The van der Waals surface area contributed by atoms with Crippen LogP contribution in [-0.2, 0) is 51.4 Å². The first-order valence-electron chi connectivity index (χ1n) is 22.4. The molecule has 0 fully saturated rings. The molecule has 288 valence electrons. The Bertz CT molecular complexity index is 3810. The smallest absolute Gasteiger partial charge is 0.0579 e. The second kappa shape index (κ2) is 11.6. The average molecular weight is 780 g/mol. The standard InChI is InChI=1S/C58H41N3/c1-31-26-40(24-25-59-31)61-52-23-17-37(42-19-13-35-11-9-33-5-3-7-44(42)54(33)35)28-48(52)50-30-39-14-20-45-55-38(15-21-46(56(39)55)58(50)61)29-49-47-27-36(16-22-51(47)60-57(45)49)41-18-12-34-10-8-32-4-2-6-43(41)53(32)34/h2-7,12-13,16-19,22-30,60H,8-11,14-15,20-21H2,1H3. The minimum Gasteiger partial charge on any atom is -0.354 e. The highest BCUT2D eigenvalue weighted by Gasteiger charge is 2.32. The lowest BCUT2D eigenvalue weighted by Gasteiger charge is -2.31. The average Bonchev–Trinajstić information content (AvgIpc) is 4.09. The zero-order valence-electron chi connectivity index (χ0n) is 34.2. The van der Waals surface area contributed by atoms with Crippen LogP contribution in [0.15, 0.2) is 128 Å². The molecule has 15 rings (SSSR count). The van der Waals surface area contributed by atoms with Gasteiger partial charge in [-0.15, -0.1) is 0 Å². The van der Waals surface area contributed by atoms with Gasteiger partial charge in [-0.2, -0.15) is 0 Å². The molecule has 0 unspecified atom stereocenters. The number of hydrogen-bond acceptors (Lipinski definition) is 1. The van der Waals surface area contributed by atoms with Crippen molar-refractivity contribution in [3.63, 3.8) is 0 Å². The van der Waals surface area contributed by atoms with Crippen LogP contribution in [0.3, 0.4) is 0 Å².